The van der Waals surface area contributed by atoms with Gasteiger partial charge in [0.1, 0.15) is 4.21 Å². The predicted molar refractivity (Wildman–Crippen MR) is 66.5 cm³/mol. The summed E-state index contributed by atoms with van der Waals surface area (Å²) in [6.07, 6.45) is 1.94. The van der Waals surface area contributed by atoms with Crippen molar-refractivity contribution in [2.75, 3.05) is 0 Å². The molecular weight excluding hydrogens is 266 g/mol. The van der Waals surface area contributed by atoms with Gasteiger partial charge in [0, 0.05) is 12.1 Å². The lowest BCUT2D eigenvalue weighted by Gasteiger charge is -2.24. The van der Waals surface area contributed by atoms with E-state index in [0.717, 1.165) is 24.2 Å². The first-order valence-corrected chi connectivity index (χ1v) is 7.85. The molecule has 1 saturated carbocycles. The van der Waals surface area contributed by atoms with E-state index < -0.39 is 10.0 Å². The van der Waals surface area contributed by atoms with Gasteiger partial charge in [-0.05, 0) is 38.8 Å². The first-order valence-electron chi connectivity index (χ1n) is 5.22. The van der Waals surface area contributed by atoms with Crippen molar-refractivity contribution in [2.24, 2.45) is 0 Å². The van der Waals surface area contributed by atoms with Gasteiger partial charge in [0.05, 0.1) is 4.34 Å². The van der Waals surface area contributed by atoms with E-state index in [1.165, 1.54) is 0 Å². The Morgan fingerprint density at radius 2 is 2.06 bits per heavy atom. The van der Waals surface area contributed by atoms with Crippen molar-refractivity contribution in [1.29, 1.82) is 0 Å². The van der Waals surface area contributed by atoms with E-state index in [-0.39, 0.29) is 12.1 Å². The normalized spacial score (nSPS) is 17.3. The highest BCUT2D eigenvalue weighted by molar-refractivity contribution is 7.91. The Morgan fingerprint density at radius 3 is 2.44 bits per heavy atom. The van der Waals surface area contributed by atoms with Crippen LogP contribution in [0.25, 0.3) is 0 Å². The van der Waals surface area contributed by atoms with E-state index in [4.69, 9.17) is 11.6 Å². The maximum Gasteiger partial charge on any atom is 0.253 e. The molecule has 90 valence electrons. The van der Waals surface area contributed by atoms with Crippen LogP contribution in [0.15, 0.2) is 16.3 Å². The van der Waals surface area contributed by atoms with Crippen molar-refractivity contribution in [3.8, 4) is 0 Å². The van der Waals surface area contributed by atoms with E-state index in [1.807, 2.05) is 13.8 Å². The summed E-state index contributed by atoms with van der Waals surface area (Å²) in [5.41, 5.74) is 0. The summed E-state index contributed by atoms with van der Waals surface area (Å²) in [6.45, 7) is 3.82. The van der Waals surface area contributed by atoms with Crippen molar-refractivity contribution < 1.29 is 8.42 Å². The van der Waals surface area contributed by atoms with Crippen LogP contribution >= 0.6 is 22.9 Å². The molecule has 1 aliphatic carbocycles. The highest BCUT2D eigenvalue weighted by Gasteiger charge is 2.40. The molecule has 1 aliphatic rings. The highest BCUT2D eigenvalue weighted by Crippen LogP contribution is 2.36. The summed E-state index contributed by atoms with van der Waals surface area (Å²) < 4.78 is 27.2. The summed E-state index contributed by atoms with van der Waals surface area (Å²) in [7, 11) is -3.35. The molecule has 0 amide bonds. The lowest BCUT2D eigenvalue weighted by molar-refractivity contribution is 0.347. The molecule has 0 saturated heterocycles. The number of sulfonamides is 1. The van der Waals surface area contributed by atoms with Gasteiger partial charge in [-0.3, -0.25) is 0 Å². The van der Waals surface area contributed by atoms with E-state index in [9.17, 15) is 8.42 Å². The maximum absolute atomic E-state index is 12.3. The van der Waals surface area contributed by atoms with Crippen molar-refractivity contribution >= 4 is 33.0 Å². The fourth-order valence-corrected chi connectivity index (χ4v) is 5.23. The lowest BCUT2D eigenvalue weighted by atomic mass is 10.4. The quantitative estimate of drug-likeness (QED) is 0.850. The van der Waals surface area contributed by atoms with Crippen LogP contribution in [0.1, 0.15) is 26.7 Å². The summed E-state index contributed by atoms with van der Waals surface area (Å²) >= 11 is 6.90. The van der Waals surface area contributed by atoms with Crippen LogP contribution in [0.5, 0.6) is 0 Å². The van der Waals surface area contributed by atoms with Crippen LogP contribution in [0.2, 0.25) is 4.34 Å². The summed E-state index contributed by atoms with van der Waals surface area (Å²) in [5, 5.41) is 0. The molecule has 0 radical (unpaired) electrons. The molecule has 6 heteroatoms. The minimum atomic E-state index is -3.35. The Bertz CT molecular complexity index is 475. The zero-order chi connectivity index (χ0) is 11.9. The number of nitrogens with zero attached hydrogens (tertiary/aromatic N) is 1. The summed E-state index contributed by atoms with van der Waals surface area (Å²) in [6, 6.07) is 3.40. The van der Waals surface area contributed by atoms with Crippen LogP contribution in [-0.2, 0) is 10.0 Å². The molecule has 1 aromatic rings. The smallest absolute Gasteiger partial charge is 0.206 e. The Kier molecular flexibility index (Phi) is 3.32. The predicted octanol–water partition coefficient (Wildman–Crippen LogP) is 2.96. The van der Waals surface area contributed by atoms with E-state index in [2.05, 4.69) is 0 Å². The molecule has 1 heterocycles. The van der Waals surface area contributed by atoms with Gasteiger partial charge in [-0.15, -0.1) is 11.3 Å². The third kappa shape index (κ3) is 2.27. The molecule has 1 aromatic heterocycles. The molecule has 0 N–H and O–H groups in total. The number of hydrogen-bond acceptors (Lipinski definition) is 3. The molecule has 0 aromatic carbocycles. The van der Waals surface area contributed by atoms with Crippen LogP contribution in [-0.4, -0.2) is 24.8 Å². The molecule has 0 atom stereocenters. The van der Waals surface area contributed by atoms with Gasteiger partial charge in [0.15, 0.2) is 0 Å². The Labute approximate surface area is 105 Å². The van der Waals surface area contributed by atoms with Crippen LogP contribution in [0, 0.1) is 0 Å². The SMILES string of the molecule is CC(C)N(C1CC1)S(=O)(=O)c1ccc(Cl)s1. The fraction of sp³-hybridized carbons (Fsp3) is 0.600. The third-order valence-corrected chi connectivity index (χ3v) is 6.32. The monoisotopic (exact) mass is 279 g/mol. The van der Waals surface area contributed by atoms with Gasteiger partial charge >= 0.3 is 0 Å². The number of hydrogen-bond donors (Lipinski definition) is 0. The average molecular weight is 280 g/mol. The third-order valence-electron chi connectivity index (χ3n) is 2.50. The zero-order valence-electron chi connectivity index (χ0n) is 9.18. The van der Waals surface area contributed by atoms with Gasteiger partial charge in [0.25, 0.3) is 10.0 Å². The summed E-state index contributed by atoms with van der Waals surface area (Å²) in [4.78, 5) is 0. The summed E-state index contributed by atoms with van der Waals surface area (Å²) in [5.74, 6) is 0. The Hall–Kier alpha value is -0.100. The first-order chi connectivity index (χ1) is 7.43. The van der Waals surface area contributed by atoms with Crippen LogP contribution < -0.4 is 0 Å². The highest BCUT2D eigenvalue weighted by atomic mass is 35.5. The lowest BCUT2D eigenvalue weighted by Crippen LogP contribution is -2.38. The fourth-order valence-electron chi connectivity index (χ4n) is 1.76. The van der Waals surface area contributed by atoms with Crippen molar-refractivity contribution in [3.63, 3.8) is 0 Å². The second-order valence-electron chi connectivity index (χ2n) is 4.22. The molecule has 0 bridgehead atoms. The van der Waals surface area contributed by atoms with Gasteiger partial charge in [0.2, 0.25) is 0 Å². The molecular formula is C10H14ClNO2S2. The van der Waals surface area contributed by atoms with Gasteiger partial charge in [-0.2, -0.15) is 4.31 Å². The van der Waals surface area contributed by atoms with Gasteiger partial charge < -0.3 is 0 Å². The zero-order valence-corrected chi connectivity index (χ0v) is 11.6. The second-order valence-corrected chi connectivity index (χ2v) is 8.00. The molecule has 1 fully saturated rings. The van der Waals surface area contributed by atoms with E-state index >= 15 is 0 Å². The van der Waals surface area contributed by atoms with Crippen LogP contribution in [0.4, 0.5) is 0 Å². The van der Waals surface area contributed by atoms with Crippen molar-refractivity contribution in [1.82, 2.24) is 4.31 Å². The molecule has 3 nitrogen and oxygen atoms in total. The van der Waals surface area contributed by atoms with Crippen LogP contribution in [0.3, 0.4) is 0 Å². The molecule has 0 spiro atoms. The number of thiophene rings is 1. The molecule has 16 heavy (non-hydrogen) atoms. The maximum atomic E-state index is 12.3. The van der Waals surface area contributed by atoms with Crippen molar-refractivity contribution in [2.45, 2.75) is 43.0 Å². The molecule has 0 unspecified atom stereocenters. The minimum absolute atomic E-state index is 0.00150. The van der Waals surface area contributed by atoms with Crippen molar-refractivity contribution in [3.05, 3.63) is 16.5 Å². The largest absolute Gasteiger partial charge is 0.253 e. The second kappa shape index (κ2) is 4.29. The molecule has 2 rings (SSSR count). The topological polar surface area (TPSA) is 37.4 Å². The number of rotatable bonds is 4. The Morgan fingerprint density at radius 1 is 1.44 bits per heavy atom. The first kappa shape index (κ1) is 12.4. The Balaban J connectivity index is 2.36. The standard InChI is InChI=1S/C10H14ClNO2S2/c1-7(2)12(8-3-4-8)16(13,14)10-6-5-9(11)15-10/h5-8H,3-4H2,1-2H3. The number of halogens is 1. The molecule has 0 aliphatic heterocycles. The minimum Gasteiger partial charge on any atom is -0.206 e. The van der Waals surface area contributed by atoms with Gasteiger partial charge in [-0.25, -0.2) is 8.42 Å². The van der Waals surface area contributed by atoms with E-state index in [1.54, 1.807) is 16.4 Å². The average Bonchev–Trinajstić information content (AvgIpc) is 2.86. The van der Waals surface area contributed by atoms with E-state index in [0.29, 0.717) is 8.55 Å². The van der Waals surface area contributed by atoms with Gasteiger partial charge in [-0.1, -0.05) is 11.6 Å².